The van der Waals surface area contributed by atoms with Crippen LogP contribution in [0.5, 0.6) is 0 Å². The van der Waals surface area contributed by atoms with Gasteiger partial charge in [0.1, 0.15) is 23.4 Å². The summed E-state index contributed by atoms with van der Waals surface area (Å²) >= 11 is 1.31. The van der Waals surface area contributed by atoms with Gasteiger partial charge in [-0.1, -0.05) is 11.3 Å². The molecule has 0 aliphatic carbocycles. The second-order valence-corrected chi connectivity index (χ2v) is 6.49. The maximum atomic E-state index is 13.3. The minimum absolute atomic E-state index is 0.163. The zero-order valence-corrected chi connectivity index (χ0v) is 13.7. The van der Waals surface area contributed by atoms with Gasteiger partial charge in [0.25, 0.3) is 0 Å². The van der Waals surface area contributed by atoms with Gasteiger partial charge in [-0.15, -0.1) is 0 Å². The molecule has 0 radical (unpaired) electrons. The number of hydrogen-bond acceptors (Lipinski definition) is 7. The summed E-state index contributed by atoms with van der Waals surface area (Å²) in [5.41, 5.74) is 1.17. The van der Waals surface area contributed by atoms with E-state index >= 15 is 0 Å². The lowest BCUT2D eigenvalue weighted by Gasteiger charge is -2.24. The summed E-state index contributed by atoms with van der Waals surface area (Å²) in [5.74, 6) is 1.09. The fourth-order valence-electron chi connectivity index (χ4n) is 2.44. The molecule has 1 aliphatic heterocycles. The summed E-state index contributed by atoms with van der Waals surface area (Å²) in [4.78, 5) is 25.0. The number of rotatable bonds is 2. The van der Waals surface area contributed by atoms with E-state index in [-0.39, 0.29) is 17.8 Å². The van der Waals surface area contributed by atoms with Crippen LogP contribution in [0.15, 0.2) is 18.2 Å². The molecule has 2 aromatic heterocycles. The van der Waals surface area contributed by atoms with Crippen molar-refractivity contribution in [2.75, 3.05) is 16.0 Å². The van der Waals surface area contributed by atoms with Crippen LogP contribution in [0.2, 0.25) is 0 Å². The molecule has 4 rings (SSSR count). The van der Waals surface area contributed by atoms with Gasteiger partial charge in [0.2, 0.25) is 5.91 Å². The van der Waals surface area contributed by atoms with Gasteiger partial charge in [0.15, 0.2) is 16.8 Å². The van der Waals surface area contributed by atoms with Crippen LogP contribution >= 0.6 is 11.3 Å². The second kappa shape index (κ2) is 5.38. The highest BCUT2D eigenvalue weighted by atomic mass is 32.1. The highest BCUT2D eigenvalue weighted by Gasteiger charge is 2.26. The van der Waals surface area contributed by atoms with E-state index < -0.39 is 0 Å². The summed E-state index contributed by atoms with van der Waals surface area (Å²) in [6.45, 7) is 3.52. The van der Waals surface area contributed by atoms with Crippen molar-refractivity contribution >= 4 is 49.9 Å². The first-order valence-electron chi connectivity index (χ1n) is 7.29. The number of benzene rings is 1. The average Bonchev–Trinajstić information content (AvgIpc) is 2.90. The molecule has 0 fully saturated rings. The lowest BCUT2D eigenvalue weighted by molar-refractivity contribution is -0.116. The van der Waals surface area contributed by atoms with Gasteiger partial charge in [-0.25, -0.2) is 19.3 Å². The normalized spacial score (nSPS) is 16.5. The quantitative estimate of drug-likeness (QED) is 0.662. The third-order valence-electron chi connectivity index (χ3n) is 3.59. The van der Waals surface area contributed by atoms with Crippen molar-refractivity contribution in [2.45, 2.75) is 19.9 Å². The monoisotopic (exact) mass is 344 g/mol. The Morgan fingerprint density at radius 3 is 2.96 bits per heavy atom. The van der Waals surface area contributed by atoms with Gasteiger partial charge in [-0.05, 0) is 32.0 Å². The molecule has 1 atom stereocenters. The van der Waals surface area contributed by atoms with Crippen molar-refractivity contribution in [2.24, 2.45) is 0 Å². The molecule has 0 saturated heterocycles. The molecule has 122 valence electrons. The van der Waals surface area contributed by atoms with Gasteiger partial charge >= 0.3 is 0 Å². The molecule has 24 heavy (non-hydrogen) atoms. The number of aromatic nitrogens is 3. The smallest absolute Gasteiger partial charge is 0.246 e. The van der Waals surface area contributed by atoms with Crippen LogP contribution in [-0.2, 0) is 4.79 Å². The minimum Gasteiger partial charge on any atom is -0.357 e. The molecule has 3 N–H and O–H groups in total. The lowest BCUT2D eigenvalue weighted by atomic mass is 10.2. The van der Waals surface area contributed by atoms with Crippen LogP contribution in [0.4, 0.5) is 26.8 Å². The molecule has 1 amide bonds. The third-order valence-corrected chi connectivity index (χ3v) is 4.52. The van der Waals surface area contributed by atoms with E-state index in [1.54, 1.807) is 19.9 Å². The SMILES string of the molecule is Cc1nc(Nc2nc3ccc(F)cc3s2)c2c(n1)NC(C)C(=O)N2. The Hall–Kier alpha value is -2.81. The van der Waals surface area contributed by atoms with Gasteiger partial charge in [-0.2, -0.15) is 0 Å². The fraction of sp³-hybridized carbons (Fsp3) is 0.200. The number of thiazole rings is 1. The second-order valence-electron chi connectivity index (χ2n) is 5.45. The number of hydrogen-bond donors (Lipinski definition) is 3. The van der Waals surface area contributed by atoms with Gasteiger partial charge in [0, 0.05) is 0 Å². The summed E-state index contributed by atoms with van der Waals surface area (Å²) in [5, 5.41) is 9.49. The van der Waals surface area contributed by atoms with Crippen LogP contribution < -0.4 is 16.0 Å². The van der Waals surface area contributed by atoms with Crippen molar-refractivity contribution in [3.05, 3.63) is 29.8 Å². The molecule has 9 heteroatoms. The number of carbonyl (C=O) groups excluding carboxylic acids is 1. The predicted octanol–water partition coefficient (Wildman–Crippen LogP) is 3.03. The van der Waals surface area contributed by atoms with E-state index in [0.717, 1.165) is 4.70 Å². The zero-order valence-electron chi connectivity index (χ0n) is 12.8. The Morgan fingerprint density at radius 1 is 1.29 bits per heavy atom. The Morgan fingerprint density at radius 2 is 2.12 bits per heavy atom. The first kappa shape index (κ1) is 14.8. The van der Waals surface area contributed by atoms with E-state index in [4.69, 9.17) is 0 Å². The number of carbonyl (C=O) groups is 1. The third kappa shape index (κ3) is 2.52. The molecular formula is C15H13FN6OS. The van der Waals surface area contributed by atoms with Crippen molar-refractivity contribution in [1.29, 1.82) is 0 Å². The Labute approximate surface area is 140 Å². The highest BCUT2D eigenvalue weighted by Crippen LogP contribution is 2.35. The van der Waals surface area contributed by atoms with Gasteiger partial charge in [-0.3, -0.25) is 4.79 Å². The highest BCUT2D eigenvalue weighted by molar-refractivity contribution is 7.22. The van der Waals surface area contributed by atoms with E-state index in [2.05, 4.69) is 30.9 Å². The predicted molar refractivity (Wildman–Crippen MR) is 91.3 cm³/mol. The summed E-state index contributed by atoms with van der Waals surface area (Å²) in [6.07, 6.45) is 0. The molecule has 0 saturated carbocycles. The maximum Gasteiger partial charge on any atom is 0.246 e. The average molecular weight is 344 g/mol. The summed E-state index contributed by atoms with van der Waals surface area (Å²) in [6, 6.07) is 4.06. The Balaban J connectivity index is 1.74. The molecule has 3 aromatic rings. The number of aryl methyl sites for hydroxylation is 1. The topological polar surface area (TPSA) is 91.8 Å². The van der Waals surface area contributed by atoms with Crippen molar-refractivity contribution in [1.82, 2.24) is 15.0 Å². The van der Waals surface area contributed by atoms with Gasteiger partial charge < -0.3 is 16.0 Å². The van der Waals surface area contributed by atoms with Crippen LogP contribution in [0.3, 0.4) is 0 Å². The van der Waals surface area contributed by atoms with Crippen LogP contribution in [0, 0.1) is 12.7 Å². The van der Waals surface area contributed by atoms with Crippen LogP contribution in [0.1, 0.15) is 12.7 Å². The Kier molecular flexibility index (Phi) is 3.31. The standard InChI is InChI=1S/C15H13FN6OS/c1-6-14(23)21-11-12(17-6)18-7(2)19-13(11)22-15-20-9-4-3-8(16)5-10(9)24-15/h3-6H,1-2H3,(H,21,23)(H2,17,18,19,20,22). The number of amides is 1. The van der Waals surface area contributed by atoms with E-state index in [1.807, 2.05) is 0 Å². The number of anilines is 4. The molecule has 0 bridgehead atoms. The molecular weight excluding hydrogens is 331 g/mol. The molecule has 3 heterocycles. The Bertz CT molecular complexity index is 972. The van der Waals surface area contributed by atoms with Crippen LogP contribution in [-0.4, -0.2) is 26.9 Å². The van der Waals surface area contributed by atoms with Crippen molar-refractivity contribution in [3.63, 3.8) is 0 Å². The van der Waals surface area contributed by atoms with E-state index in [1.165, 1.54) is 23.5 Å². The summed E-state index contributed by atoms with van der Waals surface area (Å²) in [7, 11) is 0. The zero-order chi connectivity index (χ0) is 16.8. The van der Waals surface area contributed by atoms with Crippen molar-refractivity contribution < 1.29 is 9.18 Å². The first-order chi connectivity index (χ1) is 11.5. The number of halogens is 1. The summed E-state index contributed by atoms with van der Waals surface area (Å²) < 4.78 is 14.0. The number of fused-ring (bicyclic) bond motifs is 2. The molecule has 0 spiro atoms. The van der Waals surface area contributed by atoms with E-state index in [0.29, 0.717) is 33.8 Å². The van der Waals surface area contributed by atoms with Gasteiger partial charge in [0.05, 0.1) is 10.2 Å². The van der Waals surface area contributed by atoms with Crippen LogP contribution in [0.25, 0.3) is 10.2 Å². The number of nitrogens with one attached hydrogen (secondary N) is 3. The largest absolute Gasteiger partial charge is 0.357 e. The fourth-order valence-corrected chi connectivity index (χ4v) is 3.33. The molecule has 1 aliphatic rings. The molecule has 1 unspecified atom stereocenters. The first-order valence-corrected chi connectivity index (χ1v) is 8.10. The molecule has 1 aromatic carbocycles. The molecule has 7 nitrogen and oxygen atoms in total. The maximum absolute atomic E-state index is 13.3. The number of nitrogens with zero attached hydrogens (tertiary/aromatic N) is 3. The minimum atomic E-state index is -0.370. The van der Waals surface area contributed by atoms with Crippen molar-refractivity contribution in [3.8, 4) is 0 Å². The lowest BCUT2D eigenvalue weighted by Crippen LogP contribution is -2.37. The van der Waals surface area contributed by atoms with E-state index in [9.17, 15) is 9.18 Å².